The molecule has 1 heterocycles. The van der Waals surface area contributed by atoms with Crippen molar-refractivity contribution in [2.45, 2.75) is 32.4 Å². The van der Waals surface area contributed by atoms with Crippen LogP contribution in [0, 0.1) is 11.6 Å². The molecular weight excluding hydrogens is 278 g/mol. The van der Waals surface area contributed by atoms with E-state index in [2.05, 4.69) is 15.4 Å². The van der Waals surface area contributed by atoms with Crippen LogP contribution < -0.4 is 10.6 Å². The highest BCUT2D eigenvalue weighted by molar-refractivity contribution is 5.37. The summed E-state index contributed by atoms with van der Waals surface area (Å²) in [5.41, 5.74) is 0.0825. The summed E-state index contributed by atoms with van der Waals surface area (Å²) in [6, 6.07) is 4.15. The molecule has 2 N–H and O–H groups in total. The second kappa shape index (κ2) is 8.05. The largest absolute Gasteiger partial charge is 0.462 e. The zero-order chi connectivity index (χ0) is 15.9. The second-order valence-corrected chi connectivity index (χ2v) is 5.68. The van der Waals surface area contributed by atoms with Crippen molar-refractivity contribution in [2.24, 2.45) is 0 Å². The Labute approximate surface area is 123 Å². The molecule has 1 aromatic rings. The molecule has 2 rings (SSSR count). The van der Waals surface area contributed by atoms with E-state index in [1.807, 2.05) is 20.8 Å². The first-order valence-corrected chi connectivity index (χ1v) is 6.84. The maximum atomic E-state index is 13.3. The van der Waals surface area contributed by atoms with Crippen molar-refractivity contribution < 1.29 is 18.3 Å². The molecule has 1 aliphatic heterocycles. The molecule has 0 amide bonds. The first kappa shape index (κ1) is 17.5. The first-order valence-electron chi connectivity index (χ1n) is 6.84. The highest BCUT2D eigenvalue weighted by atomic mass is 19.2. The molecule has 0 aliphatic carbocycles. The van der Waals surface area contributed by atoms with Gasteiger partial charge in [0.2, 0.25) is 0 Å². The minimum Gasteiger partial charge on any atom is -0.462 e. The maximum Gasteiger partial charge on any atom is 0.293 e. The molecule has 0 radical (unpaired) electrons. The third-order valence-corrected chi connectivity index (χ3v) is 2.80. The van der Waals surface area contributed by atoms with Crippen molar-refractivity contribution in [1.82, 2.24) is 10.6 Å². The molecule has 1 saturated heterocycles. The van der Waals surface area contributed by atoms with E-state index in [1.54, 1.807) is 6.07 Å². The number of rotatable bonds is 2. The number of hydrogen-bond donors (Lipinski definition) is 2. The number of carbonyl (C=O) groups is 1. The van der Waals surface area contributed by atoms with Crippen molar-refractivity contribution >= 4 is 6.47 Å². The summed E-state index contributed by atoms with van der Waals surface area (Å²) in [6.07, 6.45) is 0. The predicted octanol–water partition coefficient (Wildman–Crippen LogP) is 2.16. The molecule has 0 aromatic heterocycles. The van der Waals surface area contributed by atoms with Crippen molar-refractivity contribution in [3.63, 3.8) is 0 Å². The monoisotopic (exact) mass is 300 g/mol. The molecule has 1 fully saturated rings. The van der Waals surface area contributed by atoms with E-state index in [9.17, 15) is 13.6 Å². The summed E-state index contributed by atoms with van der Waals surface area (Å²) in [6.45, 7) is 8.21. The minimum absolute atomic E-state index is 0.126. The summed E-state index contributed by atoms with van der Waals surface area (Å²) < 4.78 is 30.8. The fraction of sp³-hybridized carbons (Fsp3) is 0.533. The van der Waals surface area contributed by atoms with Gasteiger partial charge in [-0.3, -0.25) is 4.79 Å². The molecule has 6 heteroatoms. The molecule has 1 atom stereocenters. The Bertz CT molecular complexity index is 455. The van der Waals surface area contributed by atoms with Crippen LogP contribution in [0.1, 0.15) is 32.4 Å². The number of benzene rings is 1. The van der Waals surface area contributed by atoms with Gasteiger partial charge >= 0.3 is 0 Å². The molecule has 0 saturated carbocycles. The van der Waals surface area contributed by atoms with Crippen LogP contribution >= 0.6 is 0 Å². The normalized spacial score (nSPS) is 18.4. The fourth-order valence-electron chi connectivity index (χ4n) is 1.81. The van der Waals surface area contributed by atoms with Crippen molar-refractivity contribution in [3.05, 3.63) is 35.4 Å². The lowest BCUT2D eigenvalue weighted by Crippen LogP contribution is -2.43. The van der Waals surface area contributed by atoms with Gasteiger partial charge in [-0.1, -0.05) is 12.1 Å². The van der Waals surface area contributed by atoms with Crippen molar-refractivity contribution in [1.29, 1.82) is 0 Å². The number of hydrogen-bond acceptors (Lipinski definition) is 4. The van der Waals surface area contributed by atoms with Gasteiger partial charge < -0.3 is 15.4 Å². The zero-order valence-corrected chi connectivity index (χ0v) is 12.6. The van der Waals surface area contributed by atoms with E-state index in [-0.39, 0.29) is 11.6 Å². The molecule has 1 unspecified atom stereocenters. The average Bonchev–Trinajstić information content (AvgIpc) is 2.42. The van der Waals surface area contributed by atoms with E-state index in [4.69, 9.17) is 0 Å². The summed E-state index contributed by atoms with van der Waals surface area (Å²) in [7, 11) is 0. The third-order valence-electron chi connectivity index (χ3n) is 2.80. The summed E-state index contributed by atoms with van der Waals surface area (Å²) in [5.74, 6) is -1.52. The van der Waals surface area contributed by atoms with Crippen LogP contribution in [0.3, 0.4) is 0 Å². The van der Waals surface area contributed by atoms with Gasteiger partial charge in [0.1, 0.15) is 5.60 Å². The van der Waals surface area contributed by atoms with Gasteiger partial charge in [0.15, 0.2) is 11.6 Å². The Kier molecular flexibility index (Phi) is 6.71. The van der Waals surface area contributed by atoms with E-state index >= 15 is 0 Å². The first-order chi connectivity index (χ1) is 9.85. The number of piperazine rings is 1. The Morgan fingerprint density at radius 3 is 2.48 bits per heavy atom. The number of halogens is 2. The lowest BCUT2D eigenvalue weighted by molar-refractivity contribution is -0.138. The lowest BCUT2D eigenvalue weighted by Gasteiger charge is -2.25. The Balaban J connectivity index is 0.000000270. The van der Waals surface area contributed by atoms with Crippen LogP contribution in [0.25, 0.3) is 0 Å². The summed E-state index contributed by atoms with van der Waals surface area (Å²) in [4.78, 5) is 9.60. The number of carbonyl (C=O) groups excluding carboxylic acids is 1. The minimum atomic E-state index is -0.783. The topological polar surface area (TPSA) is 50.4 Å². The molecule has 1 aromatic carbocycles. The van der Waals surface area contributed by atoms with Gasteiger partial charge in [-0.15, -0.1) is 0 Å². The molecule has 4 nitrogen and oxygen atoms in total. The van der Waals surface area contributed by atoms with Gasteiger partial charge in [-0.2, -0.15) is 0 Å². The third kappa shape index (κ3) is 6.18. The smallest absolute Gasteiger partial charge is 0.293 e. The van der Waals surface area contributed by atoms with Crippen LogP contribution in [0.2, 0.25) is 0 Å². The molecule has 21 heavy (non-hydrogen) atoms. The van der Waals surface area contributed by atoms with E-state index < -0.39 is 11.6 Å². The van der Waals surface area contributed by atoms with E-state index in [0.717, 1.165) is 19.2 Å². The quantitative estimate of drug-likeness (QED) is 0.822. The molecule has 118 valence electrons. The van der Waals surface area contributed by atoms with E-state index in [0.29, 0.717) is 18.6 Å². The summed E-state index contributed by atoms with van der Waals surface area (Å²) in [5, 5.41) is 6.26. The fourth-order valence-corrected chi connectivity index (χ4v) is 1.81. The highest BCUT2D eigenvalue weighted by Gasteiger charge is 2.19. The van der Waals surface area contributed by atoms with Crippen molar-refractivity contribution in [2.75, 3.05) is 19.6 Å². The van der Waals surface area contributed by atoms with Gasteiger partial charge in [-0.25, -0.2) is 8.78 Å². The van der Waals surface area contributed by atoms with Crippen LogP contribution in [0.15, 0.2) is 18.2 Å². The number of ether oxygens (including phenoxy) is 1. The van der Waals surface area contributed by atoms with Crippen LogP contribution in [-0.4, -0.2) is 31.7 Å². The second-order valence-electron chi connectivity index (χ2n) is 5.68. The maximum absolute atomic E-state index is 13.3. The van der Waals surface area contributed by atoms with Gasteiger partial charge in [-0.05, 0) is 26.8 Å². The Morgan fingerprint density at radius 2 is 2.00 bits per heavy atom. The molecule has 1 aliphatic rings. The summed E-state index contributed by atoms with van der Waals surface area (Å²) >= 11 is 0. The standard InChI is InChI=1S/C10H12F2N2.C5H10O2/c11-8-3-1-2-7(10(8)12)9-6-13-4-5-14-9;1-5(2,3)7-4-6/h1-3,9,13-14H,4-6H2;4H,1-3H3. The van der Waals surface area contributed by atoms with Crippen LogP contribution in [-0.2, 0) is 9.53 Å². The predicted molar refractivity (Wildman–Crippen MR) is 76.9 cm³/mol. The lowest BCUT2D eigenvalue weighted by atomic mass is 10.0. The Morgan fingerprint density at radius 1 is 1.29 bits per heavy atom. The van der Waals surface area contributed by atoms with Gasteiger partial charge in [0.25, 0.3) is 6.47 Å². The van der Waals surface area contributed by atoms with Crippen molar-refractivity contribution in [3.8, 4) is 0 Å². The molecule has 0 spiro atoms. The number of nitrogens with one attached hydrogen (secondary N) is 2. The zero-order valence-electron chi connectivity index (χ0n) is 12.6. The van der Waals surface area contributed by atoms with Crippen LogP contribution in [0.5, 0.6) is 0 Å². The SMILES string of the molecule is CC(C)(C)OC=O.Fc1cccc(C2CNCCN2)c1F. The Hall–Kier alpha value is -1.53. The molecular formula is C15H22F2N2O2. The van der Waals surface area contributed by atoms with E-state index in [1.165, 1.54) is 6.07 Å². The van der Waals surface area contributed by atoms with Crippen LogP contribution in [0.4, 0.5) is 8.78 Å². The van der Waals surface area contributed by atoms with Gasteiger partial charge in [0.05, 0.1) is 0 Å². The molecule has 0 bridgehead atoms. The average molecular weight is 300 g/mol. The van der Waals surface area contributed by atoms with Gasteiger partial charge in [0, 0.05) is 31.2 Å². The highest BCUT2D eigenvalue weighted by Crippen LogP contribution is 2.19.